The SMILES string of the molecule is C=CCCCO[C@@H](CC)[C@H](NC(=O)OC(C)(C)C)C(=O)O. The van der Waals surface area contributed by atoms with Gasteiger partial charge in [0.2, 0.25) is 0 Å². The fraction of sp³-hybridized carbons (Fsp3) is 0.733. The van der Waals surface area contributed by atoms with Crippen molar-refractivity contribution in [1.29, 1.82) is 0 Å². The van der Waals surface area contributed by atoms with Crippen LogP contribution in [0.3, 0.4) is 0 Å². The Bertz CT molecular complexity index is 348. The molecule has 0 rings (SSSR count). The first-order valence-corrected chi connectivity index (χ1v) is 7.16. The van der Waals surface area contributed by atoms with E-state index in [9.17, 15) is 14.7 Å². The maximum atomic E-state index is 11.7. The molecule has 21 heavy (non-hydrogen) atoms. The number of carboxylic acids is 1. The predicted octanol–water partition coefficient (Wildman–Crippen LogP) is 2.73. The third-order valence-corrected chi connectivity index (χ3v) is 2.60. The van der Waals surface area contributed by atoms with E-state index in [0.29, 0.717) is 13.0 Å². The number of alkyl carbamates (subject to hydrolysis) is 1. The number of unbranched alkanes of at least 4 members (excludes halogenated alkanes) is 1. The molecule has 6 nitrogen and oxygen atoms in total. The molecular weight excluding hydrogens is 274 g/mol. The number of allylic oxidation sites excluding steroid dienone is 1. The lowest BCUT2D eigenvalue weighted by atomic mass is 10.1. The van der Waals surface area contributed by atoms with E-state index in [2.05, 4.69) is 11.9 Å². The summed E-state index contributed by atoms with van der Waals surface area (Å²) >= 11 is 0. The van der Waals surface area contributed by atoms with Crippen LogP contribution in [0.4, 0.5) is 4.79 Å². The maximum absolute atomic E-state index is 11.7. The Morgan fingerprint density at radius 3 is 2.43 bits per heavy atom. The van der Waals surface area contributed by atoms with Gasteiger partial charge < -0.3 is 19.9 Å². The van der Waals surface area contributed by atoms with Gasteiger partial charge in [0.25, 0.3) is 0 Å². The molecule has 0 aliphatic heterocycles. The van der Waals surface area contributed by atoms with Crippen molar-refractivity contribution >= 4 is 12.1 Å². The normalized spacial score (nSPS) is 14.1. The highest BCUT2D eigenvalue weighted by Crippen LogP contribution is 2.10. The molecule has 0 aromatic carbocycles. The molecule has 2 N–H and O–H groups in total. The zero-order valence-electron chi connectivity index (χ0n) is 13.3. The van der Waals surface area contributed by atoms with E-state index >= 15 is 0 Å². The molecule has 0 heterocycles. The van der Waals surface area contributed by atoms with Crippen molar-refractivity contribution in [3.8, 4) is 0 Å². The summed E-state index contributed by atoms with van der Waals surface area (Å²) < 4.78 is 10.6. The molecule has 0 radical (unpaired) electrons. The molecule has 0 aromatic rings. The number of amides is 1. The lowest BCUT2D eigenvalue weighted by Crippen LogP contribution is -2.50. The lowest BCUT2D eigenvalue weighted by Gasteiger charge is -2.26. The summed E-state index contributed by atoms with van der Waals surface area (Å²) in [5.41, 5.74) is -0.681. The smallest absolute Gasteiger partial charge is 0.408 e. The third-order valence-electron chi connectivity index (χ3n) is 2.60. The minimum absolute atomic E-state index is 0.421. The van der Waals surface area contributed by atoms with Crippen LogP contribution < -0.4 is 5.32 Å². The van der Waals surface area contributed by atoms with Crippen molar-refractivity contribution in [3.05, 3.63) is 12.7 Å². The van der Waals surface area contributed by atoms with Crippen molar-refractivity contribution in [1.82, 2.24) is 5.32 Å². The molecule has 0 aliphatic carbocycles. The van der Waals surface area contributed by atoms with Crippen LogP contribution in [0.2, 0.25) is 0 Å². The van der Waals surface area contributed by atoms with Crippen LogP contribution >= 0.6 is 0 Å². The number of carboxylic acid groups (broad SMARTS) is 1. The number of hydrogen-bond acceptors (Lipinski definition) is 4. The highest BCUT2D eigenvalue weighted by molar-refractivity contribution is 5.80. The fourth-order valence-electron chi connectivity index (χ4n) is 1.66. The van der Waals surface area contributed by atoms with E-state index in [1.165, 1.54) is 0 Å². The van der Waals surface area contributed by atoms with Gasteiger partial charge in [-0.2, -0.15) is 0 Å². The topological polar surface area (TPSA) is 84.9 Å². The van der Waals surface area contributed by atoms with Gasteiger partial charge in [0.15, 0.2) is 6.04 Å². The molecule has 0 aromatic heterocycles. The van der Waals surface area contributed by atoms with Gasteiger partial charge >= 0.3 is 12.1 Å². The van der Waals surface area contributed by atoms with Gasteiger partial charge in [0.1, 0.15) is 5.60 Å². The van der Waals surface area contributed by atoms with E-state index in [1.54, 1.807) is 26.8 Å². The third kappa shape index (κ3) is 9.07. The van der Waals surface area contributed by atoms with E-state index in [-0.39, 0.29) is 0 Å². The van der Waals surface area contributed by atoms with Crippen LogP contribution in [0.1, 0.15) is 47.0 Å². The summed E-state index contributed by atoms with van der Waals surface area (Å²) in [6, 6.07) is -1.13. The summed E-state index contributed by atoms with van der Waals surface area (Å²) in [7, 11) is 0. The fourth-order valence-corrected chi connectivity index (χ4v) is 1.66. The number of rotatable bonds is 9. The van der Waals surface area contributed by atoms with E-state index in [4.69, 9.17) is 9.47 Å². The van der Waals surface area contributed by atoms with Crippen LogP contribution in [0.15, 0.2) is 12.7 Å². The zero-order chi connectivity index (χ0) is 16.5. The summed E-state index contributed by atoms with van der Waals surface area (Å²) in [5.74, 6) is -1.14. The summed E-state index contributed by atoms with van der Waals surface area (Å²) in [5, 5.41) is 11.6. The number of ether oxygens (including phenoxy) is 2. The van der Waals surface area contributed by atoms with Gasteiger partial charge in [-0.05, 0) is 40.0 Å². The van der Waals surface area contributed by atoms with Crippen LogP contribution in [-0.4, -0.2) is 41.5 Å². The number of carbonyl (C=O) groups is 2. The maximum Gasteiger partial charge on any atom is 0.408 e. The van der Waals surface area contributed by atoms with Gasteiger partial charge in [0, 0.05) is 6.61 Å². The average Bonchev–Trinajstić information content (AvgIpc) is 2.34. The molecule has 1 amide bonds. The van der Waals surface area contributed by atoms with Crippen molar-refractivity contribution in [2.45, 2.75) is 64.7 Å². The molecule has 0 saturated heterocycles. The van der Waals surface area contributed by atoms with Gasteiger partial charge in [-0.1, -0.05) is 13.0 Å². The number of hydrogen-bond donors (Lipinski definition) is 2. The second kappa shape index (κ2) is 9.39. The second-order valence-corrected chi connectivity index (χ2v) is 5.71. The van der Waals surface area contributed by atoms with Crippen LogP contribution in [0, 0.1) is 0 Å². The first-order chi connectivity index (χ1) is 9.71. The van der Waals surface area contributed by atoms with E-state index < -0.39 is 29.8 Å². The molecule has 0 unspecified atom stereocenters. The minimum Gasteiger partial charge on any atom is -0.480 e. The molecule has 122 valence electrons. The molecule has 0 fully saturated rings. The van der Waals surface area contributed by atoms with Crippen LogP contribution in [0.5, 0.6) is 0 Å². The molecule has 0 spiro atoms. The van der Waals surface area contributed by atoms with Gasteiger partial charge in [-0.3, -0.25) is 0 Å². The molecule has 0 bridgehead atoms. The Morgan fingerprint density at radius 1 is 1.38 bits per heavy atom. The Morgan fingerprint density at radius 2 is 2.00 bits per heavy atom. The Hall–Kier alpha value is -1.56. The van der Waals surface area contributed by atoms with Crippen molar-refractivity contribution in [2.24, 2.45) is 0 Å². The molecule has 6 heteroatoms. The summed E-state index contributed by atoms with van der Waals surface area (Å²) in [6.07, 6.45) is 2.45. The molecule has 0 saturated carbocycles. The van der Waals surface area contributed by atoms with Crippen molar-refractivity contribution < 1.29 is 24.2 Å². The quantitative estimate of drug-likeness (QED) is 0.505. The Balaban J connectivity index is 4.58. The second-order valence-electron chi connectivity index (χ2n) is 5.71. The van der Waals surface area contributed by atoms with Crippen LogP contribution in [-0.2, 0) is 14.3 Å². The van der Waals surface area contributed by atoms with Gasteiger partial charge in [-0.25, -0.2) is 9.59 Å². The summed E-state index contributed by atoms with van der Waals surface area (Å²) in [4.78, 5) is 23.0. The standard InChI is InChI=1S/C15H27NO5/c1-6-8-9-10-20-11(7-2)12(13(17)18)16-14(19)21-15(3,4)5/h6,11-12H,1,7-10H2,2-5H3,(H,16,19)(H,17,18)/t11-,12-/m0/s1. The highest BCUT2D eigenvalue weighted by Gasteiger charge is 2.31. The Labute approximate surface area is 126 Å². The highest BCUT2D eigenvalue weighted by atomic mass is 16.6. The number of aliphatic carboxylic acids is 1. The zero-order valence-corrected chi connectivity index (χ0v) is 13.3. The predicted molar refractivity (Wildman–Crippen MR) is 80.3 cm³/mol. The summed E-state index contributed by atoms with van der Waals surface area (Å²) in [6.45, 7) is 11.0. The monoisotopic (exact) mass is 301 g/mol. The molecule has 0 aliphatic rings. The van der Waals surface area contributed by atoms with Crippen LogP contribution in [0.25, 0.3) is 0 Å². The number of nitrogens with one attached hydrogen (secondary N) is 1. The average molecular weight is 301 g/mol. The number of carbonyl (C=O) groups excluding carboxylic acids is 1. The molecular formula is C15H27NO5. The molecule has 2 atom stereocenters. The lowest BCUT2D eigenvalue weighted by molar-refractivity contribution is -0.144. The van der Waals surface area contributed by atoms with Crippen molar-refractivity contribution in [3.63, 3.8) is 0 Å². The first-order valence-electron chi connectivity index (χ1n) is 7.16. The van der Waals surface area contributed by atoms with Gasteiger partial charge in [0.05, 0.1) is 6.10 Å². The van der Waals surface area contributed by atoms with E-state index in [1.807, 2.05) is 6.92 Å². The van der Waals surface area contributed by atoms with Gasteiger partial charge in [-0.15, -0.1) is 6.58 Å². The minimum atomic E-state index is -1.14. The van der Waals surface area contributed by atoms with E-state index in [0.717, 1.165) is 12.8 Å². The van der Waals surface area contributed by atoms with Crippen molar-refractivity contribution in [2.75, 3.05) is 6.61 Å². The first kappa shape index (κ1) is 19.4. The Kier molecular flexibility index (Phi) is 8.69. The largest absolute Gasteiger partial charge is 0.480 e.